The van der Waals surface area contributed by atoms with Crippen LogP contribution in [0.25, 0.3) is 10.6 Å². The summed E-state index contributed by atoms with van der Waals surface area (Å²) < 4.78 is 0. The third-order valence-electron chi connectivity index (χ3n) is 2.48. The Morgan fingerprint density at radius 3 is 2.53 bits per heavy atom. The van der Waals surface area contributed by atoms with E-state index in [4.69, 9.17) is 5.73 Å². The number of nitrogen functional groups attached to an aromatic ring is 1. The Kier molecular flexibility index (Phi) is 2.81. The minimum atomic E-state index is 0.312. The molecule has 0 aromatic carbocycles. The Balaban J connectivity index is 2.00. The fraction of sp³-hybridized carbons (Fsp3) is 0. The lowest BCUT2D eigenvalue weighted by Crippen LogP contribution is -2.04. The lowest BCUT2D eigenvalue weighted by molar-refractivity contribution is 1.09. The first-order chi connectivity index (χ1) is 8.33. The van der Waals surface area contributed by atoms with Gasteiger partial charge in [-0.1, -0.05) is 6.07 Å². The molecule has 17 heavy (non-hydrogen) atoms. The van der Waals surface area contributed by atoms with Gasteiger partial charge in [0.2, 0.25) is 5.95 Å². The molecular formula is C13H10N3S. The summed E-state index contributed by atoms with van der Waals surface area (Å²) >= 11 is 1.64. The predicted octanol–water partition coefficient (Wildman–Crippen LogP) is 2.54. The molecule has 0 saturated heterocycles. The lowest BCUT2D eigenvalue weighted by Gasteiger charge is -2.09. The Morgan fingerprint density at radius 1 is 1.06 bits per heavy atom. The molecule has 0 spiro atoms. The number of aromatic nitrogens is 2. The molecule has 5 radical (unpaired) electrons. The second-order valence-corrected chi connectivity index (χ2v) is 4.60. The molecule has 2 aromatic rings. The average molecular weight is 240 g/mol. The van der Waals surface area contributed by atoms with E-state index in [1.54, 1.807) is 11.3 Å². The number of hydrogen-bond donors (Lipinski definition) is 1. The van der Waals surface area contributed by atoms with Crippen LogP contribution < -0.4 is 5.73 Å². The third kappa shape index (κ3) is 2.17. The Labute approximate surface area is 105 Å². The molecule has 0 aliphatic heterocycles. The van der Waals surface area contributed by atoms with Crippen LogP contribution in [0.15, 0.2) is 23.6 Å². The highest BCUT2D eigenvalue weighted by Gasteiger charge is 2.21. The minimum absolute atomic E-state index is 0.312. The number of nitrogens with zero attached hydrogens (tertiary/aromatic N) is 2. The van der Waals surface area contributed by atoms with Gasteiger partial charge in [-0.3, -0.25) is 0 Å². The number of anilines is 1. The van der Waals surface area contributed by atoms with E-state index in [1.165, 1.54) is 0 Å². The molecule has 0 bridgehead atoms. The summed E-state index contributed by atoms with van der Waals surface area (Å²) in [6, 6.07) is 6.00. The van der Waals surface area contributed by atoms with E-state index in [0.29, 0.717) is 5.95 Å². The van der Waals surface area contributed by atoms with E-state index < -0.39 is 0 Å². The molecule has 0 unspecified atom stereocenters. The summed E-state index contributed by atoms with van der Waals surface area (Å²) in [4.78, 5) is 9.62. The van der Waals surface area contributed by atoms with Gasteiger partial charge in [0.1, 0.15) is 0 Å². The maximum absolute atomic E-state index is 5.75. The van der Waals surface area contributed by atoms with Gasteiger partial charge >= 0.3 is 0 Å². The van der Waals surface area contributed by atoms with Crippen molar-refractivity contribution in [2.75, 3.05) is 5.73 Å². The second-order valence-electron chi connectivity index (χ2n) is 3.65. The van der Waals surface area contributed by atoms with Gasteiger partial charge in [0, 0.05) is 5.92 Å². The van der Waals surface area contributed by atoms with Crippen molar-refractivity contribution in [3.63, 3.8) is 0 Å². The highest BCUT2D eigenvalue weighted by atomic mass is 32.1. The van der Waals surface area contributed by atoms with Crippen molar-refractivity contribution in [2.45, 2.75) is 0 Å². The quantitative estimate of drug-likeness (QED) is 0.877. The number of nitrogens with two attached hydrogens (primary N) is 1. The number of thiophene rings is 1. The fourth-order valence-electron chi connectivity index (χ4n) is 1.71. The van der Waals surface area contributed by atoms with E-state index in [2.05, 4.69) is 9.97 Å². The zero-order chi connectivity index (χ0) is 11.7. The van der Waals surface area contributed by atoms with Gasteiger partial charge in [-0.2, -0.15) is 0 Å². The highest BCUT2D eigenvalue weighted by Crippen LogP contribution is 2.32. The van der Waals surface area contributed by atoms with Gasteiger partial charge in [-0.25, -0.2) is 9.97 Å². The van der Waals surface area contributed by atoms with Crippen LogP contribution in [-0.4, -0.2) is 9.97 Å². The first kappa shape index (κ1) is 10.7. The molecule has 2 N–H and O–H groups in total. The summed E-state index contributed by atoms with van der Waals surface area (Å²) in [6.45, 7) is 0. The van der Waals surface area contributed by atoms with Gasteiger partial charge in [0.05, 0.1) is 16.3 Å². The van der Waals surface area contributed by atoms with Gasteiger partial charge in [-0.05, 0) is 43.2 Å². The van der Waals surface area contributed by atoms with Crippen LogP contribution in [0.5, 0.6) is 0 Å². The molecule has 3 nitrogen and oxygen atoms in total. The summed E-state index contributed by atoms with van der Waals surface area (Å²) in [6.07, 6.45) is 8.00. The molecule has 3 rings (SSSR count). The largest absolute Gasteiger partial charge is 0.368 e. The van der Waals surface area contributed by atoms with Crippen molar-refractivity contribution < 1.29 is 0 Å². The topological polar surface area (TPSA) is 51.8 Å². The van der Waals surface area contributed by atoms with E-state index in [-0.39, 0.29) is 0 Å². The molecule has 1 aliphatic rings. The summed E-state index contributed by atoms with van der Waals surface area (Å²) in [5.41, 5.74) is 7.50. The molecule has 0 atom stereocenters. The van der Waals surface area contributed by atoms with Crippen LogP contribution >= 0.6 is 11.3 Å². The summed E-state index contributed by atoms with van der Waals surface area (Å²) in [7, 11) is 0. The maximum atomic E-state index is 5.75. The molecule has 0 amide bonds. The van der Waals surface area contributed by atoms with E-state index >= 15 is 0 Å². The van der Waals surface area contributed by atoms with Crippen molar-refractivity contribution in [3.05, 3.63) is 60.9 Å². The molecular weight excluding hydrogens is 230 g/mol. The van der Waals surface area contributed by atoms with Crippen LogP contribution in [0.4, 0.5) is 5.95 Å². The zero-order valence-electron chi connectivity index (χ0n) is 9.00. The third-order valence-corrected chi connectivity index (χ3v) is 3.37. The van der Waals surface area contributed by atoms with Gasteiger partial charge in [0.15, 0.2) is 0 Å². The standard InChI is InChI=1S/C13H10N3S/c14-13-15-10(9-4-1-2-5-9)8-11(16-13)12-6-3-7-17-12/h1-8H,(H2,14,15,16). The van der Waals surface area contributed by atoms with E-state index in [1.807, 2.05) is 49.3 Å². The molecule has 2 heterocycles. The fourth-order valence-corrected chi connectivity index (χ4v) is 2.40. The molecule has 83 valence electrons. The van der Waals surface area contributed by atoms with Gasteiger partial charge < -0.3 is 5.73 Å². The van der Waals surface area contributed by atoms with E-state index in [9.17, 15) is 0 Å². The van der Waals surface area contributed by atoms with Gasteiger partial charge in [0.25, 0.3) is 0 Å². The van der Waals surface area contributed by atoms with Crippen LogP contribution in [0.1, 0.15) is 5.69 Å². The van der Waals surface area contributed by atoms with Crippen LogP contribution in [0.3, 0.4) is 0 Å². The first-order valence-corrected chi connectivity index (χ1v) is 6.11. The number of rotatable bonds is 2. The zero-order valence-corrected chi connectivity index (χ0v) is 9.82. The summed E-state index contributed by atoms with van der Waals surface area (Å²) in [5.74, 6) is 1.38. The molecule has 1 saturated carbocycles. The van der Waals surface area contributed by atoms with Crippen molar-refractivity contribution >= 4 is 17.3 Å². The van der Waals surface area contributed by atoms with Crippen LogP contribution in [0, 0.1) is 31.6 Å². The Bertz CT molecular complexity index is 501. The van der Waals surface area contributed by atoms with Crippen molar-refractivity contribution in [3.8, 4) is 10.6 Å². The highest BCUT2D eigenvalue weighted by molar-refractivity contribution is 7.13. The van der Waals surface area contributed by atoms with E-state index in [0.717, 1.165) is 22.2 Å². The average Bonchev–Trinajstić information content (AvgIpc) is 3.02. The second kappa shape index (κ2) is 4.45. The van der Waals surface area contributed by atoms with Crippen molar-refractivity contribution in [2.24, 2.45) is 0 Å². The normalized spacial score (nSPS) is 16.5. The first-order valence-electron chi connectivity index (χ1n) is 5.23. The van der Waals surface area contributed by atoms with Crippen LogP contribution in [0.2, 0.25) is 0 Å². The SMILES string of the molecule is Nc1nc([C]2[CH][CH][CH][CH]2)cc(-c2cccs2)n1. The Morgan fingerprint density at radius 2 is 1.82 bits per heavy atom. The number of hydrogen-bond acceptors (Lipinski definition) is 4. The monoisotopic (exact) mass is 240 g/mol. The lowest BCUT2D eigenvalue weighted by atomic mass is 10.0. The summed E-state index contributed by atoms with van der Waals surface area (Å²) in [5, 5.41) is 2.02. The van der Waals surface area contributed by atoms with Crippen molar-refractivity contribution in [1.82, 2.24) is 9.97 Å². The molecule has 1 aliphatic carbocycles. The molecule has 2 aromatic heterocycles. The molecule has 1 fully saturated rings. The minimum Gasteiger partial charge on any atom is -0.368 e. The van der Waals surface area contributed by atoms with Gasteiger partial charge in [-0.15, -0.1) is 11.3 Å². The maximum Gasteiger partial charge on any atom is 0.220 e. The predicted molar refractivity (Wildman–Crippen MR) is 69.3 cm³/mol. The van der Waals surface area contributed by atoms with Crippen LogP contribution in [-0.2, 0) is 0 Å². The Hall–Kier alpha value is -1.42. The van der Waals surface area contributed by atoms with Crippen molar-refractivity contribution in [1.29, 1.82) is 0 Å². The smallest absolute Gasteiger partial charge is 0.220 e. The molecule has 4 heteroatoms.